The van der Waals surface area contributed by atoms with Crippen LogP contribution in [0.2, 0.25) is 0 Å². The van der Waals surface area contributed by atoms with E-state index in [0.717, 1.165) is 42.1 Å². The summed E-state index contributed by atoms with van der Waals surface area (Å²) in [5.74, 6) is 0.491. The van der Waals surface area contributed by atoms with Gasteiger partial charge in [0.2, 0.25) is 0 Å². The van der Waals surface area contributed by atoms with Crippen LogP contribution in [0.1, 0.15) is 28.6 Å². The fraction of sp³-hybridized carbons (Fsp3) is 0.565. The summed E-state index contributed by atoms with van der Waals surface area (Å²) in [6.45, 7) is 9.83. The van der Waals surface area contributed by atoms with Crippen molar-refractivity contribution in [3.05, 3.63) is 52.6 Å². The summed E-state index contributed by atoms with van der Waals surface area (Å²) in [7, 11) is 3.46. The molecule has 8 nitrogen and oxygen atoms in total. The van der Waals surface area contributed by atoms with E-state index in [2.05, 4.69) is 32.5 Å². The molecule has 184 valence electrons. The quantitative estimate of drug-likeness (QED) is 0.273. The van der Waals surface area contributed by atoms with Gasteiger partial charge in [0.1, 0.15) is 5.82 Å². The number of aliphatic imine (C=N–C) groups is 1. The molecule has 1 saturated heterocycles. The van der Waals surface area contributed by atoms with E-state index in [4.69, 9.17) is 9.47 Å². The summed E-state index contributed by atoms with van der Waals surface area (Å²) in [4.78, 5) is 6.75. The summed E-state index contributed by atoms with van der Waals surface area (Å²) in [6.07, 6.45) is 0. The lowest BCUT2D eigenvalue weighted by atomic mass is 10.0. The first-order chi connectivity index (χ1) is 15.5. The van der Waals surface area contributed by atoms with Gasteiger partial charge >= 0.3 is 0 Å². The second-order valence-corrected chi connectivity index (χ2v) is 7.89. The van der Waals surface area contributed by atoms with Crippen LogP contribution < -0.4 is 10.6 Å². The zero-order valence-corrected chi connectivity index (χ0v) is 22.3. The Kier molecular flexibility index (Phi) is 11.5. The van der Waals surface area contributed by atoms with E-state index in [1.54, 1.807) is 14.2 Å². The van der Waals surface area contributed by atoms with Crippen LogP contribution in [0.25, 0.3) is 0 Å². The molecule has 10 heteroatoms. The summed E-state index contributed by atoms with van der Waals surface area (Å²) >= 11 is 0. The number of benzene rings is 1. The van der Waals surface area contributed by atoms with Gasteiger partial charge in [-0.3, -0.25) is 14.6 Å². The number of rotatable bonds is 9. The van der Waals surface area contributed by atoms with E-state index < -0.39 is 0 Å². The number of nitrogens with zero attached hydrogens (tertiary/aromatic N) is 4. The number of ether oxygens (including phenoxy) is 2. The third kappa shape index (κ3) is 7.62. The molecule has 2 aromatic rings. The van der Waals surface area contributed by atoms with E-state index in [-0.39, 0.29) is 35.8 Å². The van der Waals surface area contributed by atoms with Crippen molar-refractivity contribution in [2.24, 2.45) is 4.99 Å². The molecule has 1 atom stereocenters. The molecule has 0 spiro atoms. The lowest BCUT2D eigenvalue weighted by molar-refractivity contribution is 0.0170. The normalized spacial score (nSPS) is 15.7. The topological polar surface area (TPSA) is 75.9 Å². The van der Waals surface area contributed by atoms with Gasteiger partial charge in [-0.2, -0.15) is 5.10 Å². The van der Waals surface area contributed by atoms with Gasteiger partial charge in [-0.25, -0.2) is 4.39 Å². The zero-order valence-electron chi connectivity index (χ0n) is 19.9. The number of aryl methyl sites for hydroxylation is 1. The molecule has 0 amide bonds. The smallest absolute Gasteiger partial charge is 0.191 e. The maximum Gasteiger partial charge on any atom is 0.191 e. The largest absolute Gasteiger partial charge is 0.383 e. The third-order valence-electron chi connectivity index (χ3n) is 5.90. The van der Waals surface area contributed by atoms with Crippen molar-refractivity contribution in [1.82, 2.24) is 25.3 Å². The minimum absolute atomic E-state index is 0. The summed E-state index contributed by atoms with van der Waals surface area (Å²) in [6, 6.07) is 6.84. The highest BCUT2D eigenvalue weighted by molar-refractivity contribution is 14.0. The molecule has 0 aliphatic carbocycles. The van der Waals surface area contributed by atoms with Crippen molar-refractivity contribution in [2.75, 3.05) is 53.6 Å². The number of nitrogens with one attached hydrogen (secondary N) is 2. The van der Waals surface area contributed by atoms with Crippen molar-refractivity contribution >= 4 is 29.9 Å². The van der Waals surface area contributed by atoms with Crippen LogP contribution in [0, 0.1) is 19.7 Å². The monoisotopic (exact) mass is 574 g/mol. The molecule has 3 rings (SSSR count). The predicted octanol–water partition coefficient (Wildman–Crippen LogP) is 2.64. The summed E-state index contributed by atoms with van der Waals surface area (Å²) in [5, 5.41) is 11.5. The van der Waals surface area contributed by atoms with Crippen LogP contribution in [0.3, 0.4) is 0 Å². The molecular weight excluding hydrogens is 538 g/mol. The van der Waals surface area contributed by atoms with Gasteiger partial charge in [0, 0.05) is 51.6 Å². The van der Waals surface area contributed by atoms with Gasteiger partial charge in [-0.1, -0.05) is 12.1 Å². The van der Waals surface area contributed by atoms with E-state index in [9.17, 15) is 4.39 Å². The Balaban J connectivity index is 0.00000385. The van der Waals surface area contributed by atoms with Crippen molar-refractivity contribution in [2.45, 2.75) is 33.0 Å². The Morgan fingerprint density at radius 2 is 1.91 bits per heavy atom. The van der Waals surface area contributed by atoms with Gasteiger partial charge in [-0.05, 0) is 31.5 Å². The molecule has 33 heavy (non-hydrogen) atoms. The Bertz CT molecular complexity index is 884. The highest BCUT2D eigenvalue weighted by atomic mass is 127. The first-order valence-electron chi connectivity index (χ1n) is 11.1. The fourth-order valence-electron chi connectivity index (χ4n) is 4.00. The van der Waals surface area contributed by atoms with Crippen molar-refractivity contribution < 1.29 is 13.9 Å². The lowest BCUT2D eigenvalue weighted by Gasteiger charge is -2.35. The Hall–Kier alpha value is -1.76. The molecule has 1 aromatic heterocycles. The van der Waals surface area contributed by atoms with Gasteiger partial charge in [-0.15, -0.1) is 24.0 Å². The number of hydrogen-bond donors (Lipinski definition) is 2. The number of halogens is 2. The molecule has 1 fully saturated rings. The van der Waals surface area contributed by atoms with Crippen LogP contribution in [-0.4, -0.2) is 74.3 Å². The average Bonchev–Trinajstić information content (AvgIpc) is 3.08. The van der Waals surface area contributed by atoms with Crippen LogP contribution >= 0.6 is 24.0 Å². The Morgan fingerprint density at radius 3 is 2.55 bits per heavy atom. The van der Waals surface area contributed by atoms with Crippen molar-refractivity contribution in [1.29, 1.82) is 0 Å². The predicted molar refractivity (Wildman–Crippen MR) is 139 cm³/mol. The first-order valence-corrected chi connectivity index (χ1v) is 11.1. The van der Waals surface area contributed by atoms with Gasteiger partial charge in [0.05, 0.1) is 38.1 Å². The van der Waals surface area contributed by atoms with Crippen molar-refractivity contribution in [3.8, 4) is 0 Å². The van der Waals surface area contributed by atoms with E-state index in [0.29, 0.717) is 38.9 Å². The number of aromatic nitrogens is 2. The Labute approximate surface area is 212 Å². The number of morpholine rings is 1. The third-order valence-corrected chi connectivity index (χ3v) is 5.90. The molecule has 0 radical (unpaired) electrons. The van der Waals surface area contributed by atoms with Crippen LogP contribution in [-0.2, 0) is 22.6 Å². The molecule has 0 saturated carbocycles. The van der Waals surface area contributed by atoms with Crippen molar-refractivity contribution in [3.63, 3.8) is 0 Å². The maximum atomic E-state index is 13.5. The average molecular weight is 574 g/mol. The molecular formula is C23H36FIN6O2. The minimum Gasteiger partial charge on any atom is -0.383 e. The van der Waals surface area contributed by atoms with Crippen LogP contribution in [0.4, 0.5) is 4.39 Å². The maximum absolute atomic E-state index is 13.5. The minimum atomic E-state index is -0.225. The lowest BCUT2D eigenvalue weighted by Crippen LogP contribution is -2.46. The molecule has 2 N–H and O–H groups in total. The number of guanidine groups is 1. The summed E-state index contributed by atoms with van der Waals surface area (Å²) < 4.78 is 26.1. The van der Waals surface area contributed by atoms with Crippen LogP contribution in [0.5, 0.6) is 0 Å². The highest BCUT2D eigenvalue weighted by Crippen LogP contribution is 2.21. The molecule has 0 bridgehead atoms. The molecule has 1 aliphatic heterocycles. The standard InChI is InChI=1S/C23H35FN6O2.HI/c1-17-21(18(2)30(28-17)11-12-31-4)15-26-23(25-3)27-16-22(29-9-13-32-14-10-29)19-5-7-20(24)8-6-19;/h5-8,22H,9-16H2,1-4H3,(H2,25,26,27);1H. The molecule has 1 unspecified atom stereocenters. The second kappa shape index (κ2) is 13.8. The van der Waals surface area contributed by atoms with Crippen LogP contribution in [0.15, 0.2) is 29.3 Å². The van der Waals surface area contributed by atoms with E-state index in [1.807, 2.05) is 23.7 Å². The first kappa shape index (κ1) is 27.5. The van der Waals surface area contributed by atoms with E-state index in [1.165, 1.54) is 12.1 Å². The van der Waals surface area contributed by atoms with E-state index >= 15 is 0 Å². The molecule has 2 heterocycles. The summed E-state index contributed by atoms with van der Waals surface area (Å²) in [5.41, 5.74) is 4.36. The molecule has 1 aromatic carbocycles. The van der Waals surface area contributed by atoms with Gasteiger partial charge in [0.15, 0.2) is 5.96 Å². The second-order valence-electron chi connectivity index (χ2n) is 7.89. The number of methoxy groups -OCH3 is 1. The highest BCUT2D eigenvalue weighted by Gasteiger charge is 2.23. The number of hydrogen-bond acceptors (Lipinski definition) is 5. The Morgan fingerprint density at radius 1 is 1.21 bits per heavy atom. The SMILES string of the molecule is CN=C(NCc1c(C)nn(CCOC)c1C)NCC(c1ccc(F)cc1)N1CCOCC1.I. The van der Waals surface area contributed by atoms with Gasteiger partial charge in [0.25, 0.3) is 0 Å². The zero-order chi connectivity index (χ0) is 22.9. The molecule has 1 aliphatic rings. The van der Waals surface area contributed by atoms with Gasteiger partial charge < -0.3 is 20.1 Å². The fourth-order valence-corrected chi connectivity index (χ4v) is 4.00.